The standard InChI is InChI=1S/C25H28N4O14/c1-12(30)39-11-19-21(40-13(2)31)22(41-14(3)32)23(42-15(4)33)24(43-19)28-25(35)27(20(34)9-26-28)10-16-6-7-18(38-5)17(8-16)29(36)37/h6-9,19,21-24H,10-11H2,1-5H3/t19-,21-,22+,23-,24+/m1/s1. The van der Waals surface area contributed by atoms with E-state index in [1.54, 1.807) is 0 Å². The summed E-state index contributed by atoms with van der Waals surface area (Å²) < 4.78 is 33.2. The van der Waals surface area contributed by atoms with Crippen LogP contribution in [0.15, 0.2) is 34.0 Å². The van der Waals surface area contributed by atoms with Crippen LogP contribution in [-0.4, -0.2) is 81.3 Å². The van der Waals surface area contributed by atoms with E-state index in [0.29, 0.717) is 9.25 Å². The molecule has 1 aliphatic heterocycles. The second-order valence-corrected chi connectivity index (χ2v) is 9.15. The second-order valence-electron chi connectivity index (χ2n) is 9.15. The van der Waals surface area contributed by atoms with Crippen molar-refractivity contribution < 1.29 is 52.5 Å². The van der Waals surface area contributed by atoms with E-state index in [-0.39, 0.29) is 11.3 Å². The third kappa shape index (κ3) is 7.79. The Labute approximate surface area is 242 Å². The van der Waals surface area contributed by atoms with Gasteiger partial charge in [0.2, 0.25) is 0 Å². The van der Waals surface area contributed by atoms with Crippen LogP contribution in [0.3, 0.4) is 0 Å². The molecule has 0 saturated carbocycles. The molecular weight excluding hydrogens is 580 g/mol. The topological polar surface area (TPSA) is 224 Å². The van der Waals surface area contributed by atoms with Crippen molar-refractivity contribution in [2.45, 2.75) is 64.9 Å². The summed E-state index contributed by atoms with van der Waals surface area (Å²) in [6.45, 7) is 3.17. The molecule has 1 aromatic heterocycles. The minimum Gasteiger partial charge on any atom is -0.490 e. The van der Waals surface area contributed by atoms with Crippen molar-refractivity contribution in [3.8, 4) is 5.75 Å². The summed E-state index contributed by atoms with van der Waals surface area (Å²) in [5.41, 5.74) is -2.26. The number of nitro benzene ring substituents is 1. The normalized spacial score (nSPS) is 21.3. The number of benzene rings is 1. The van der Waals surface area contributed by atoms with Gasteiger partial charge in [-0.15, -0.1) is 0 Å². The first-order valence-electron chi connectivity index (χ1n) is 12.5. The number of aromatic nitrogens is 3. The largest absolute Gasteiger partial charge is 0.490 e. The maximum absolute atomic E-state index is 13.6. The van der Waals surface area contributed by atoms with Crippen molar-refractivity contribution in [3.05, 3.63) is 60.9 Å². The number of carbonyl (C=O) groups is 4. The zero-order valence-electron chi connectivity index (χ0n) is 23.6. The Morgan fingerprint density at radius 1 is 0.953 bits per heavy atom. The number of carbonyl (C=O) groups excluding carboxylic acids is 4. The van der Waals surface area contributed by atoms with Crippen LogP contribution in [0, 0.1) is 10.1 Å². The first-order valence-corrected chi connectivity index (χ1v) is 12.5. The fraction of sp³-hybridized carbons (Fsp3) is 0.480. The molecule has 1 saturated heterocycles. The van der Waals surface area contributed by atoms with Crippen LogP contribution in [-0.2, 0) is 49.4 Å². The summed E-state index contributed by atoms with van der Waals surface area (Å²) in [6, 6.07) is 3.80. The average molecular weight is 609 g/mol. The van der Waals surface area contributed by atoms with Gasteiger partial charge in [-0.25, -0.2) is 4.79 Å². The van der Waals surface area contributed by atoms with E-state index in [0.717, 1.165) is 40.0 Å². The number of rotatable bonds is 10. The lowest BCUT2D eigenvalue weighted by atomic mass is 9.97. The van der Waals surface area contributed by atoms with Gasteiger partial charge in [-0.05, 0) is 11.6 Å². The number of methoxy groups -OCH3 is 1. The molecule has 1 fully saturated rings. The predicted molar refractivity (Wildman–Crippen MR) is 139 cm³/mol. The van der Waals surface area contributed by atoms with E-state index in [1.165, 1.54) is 19.2 Å². The van der Waals surface area contributed by atoms with Gasteiger partial charge in [-0.3, -0.25) is 38.7 Å². The van der Waals surface area contributed by atoms with Gasteiger partial charge in [-0.2, -0.15) is 9.78 Å². The molecule has 0 unspecified atom stereocenters. The van der Waals surface area contributed by atoms with Gasteiger partial charge in [0.05, 0.1) is 18.6 Å². The van der Waals surface area contributed by atoms with Gasteiger partial charge in [0.15, 0.2) is 30.3 Å². The van der Waals surface area contributed by atoms with Crippen molar-refractivity contribution in [2.24, 2.45) is 0 Å². The maximum Gasteiger partial charge on any atom is 0.350 e. The molecule has 0 N–H and O–H groups in total. The van der Waals surface area contributed by atoms with Crippen LogP contribution in [0.2, 0.25) is 0 Å². The molecule has 2 heterocycles. The van der Waals surface area contributed by atoms with Gasteiger partial charge >= 0.3 is 35.3 Å². The van der Waals surface area contributed by atoms with Crippen LogP contribution in [0.25, 0.3) is 0 Å². The van der Waals surface area contributed by atoms with Gasteiger partial charge in [0.1, 0.15) is 18.9 Å². The Kier molecular flexibility index (Phi) is 10.3. The zero-order chi connectivity index (χ0) is 32.0. The fourth-order valence-corrected chi connectivity index (χ4v) is 4.33. The summed E-state index contributed by atoms with van der Waals surface area (Å²) in [5, 5.41) is 15.3. The molecule has 0 amide bonds. The van der Waals surface area contributed by atoms with Crippen molar-refractivity contribution in [2.75, 3.05) is 13.7 Å². The van der Waals surface area contributed by atoms with E-state index in [2.05, 4.69) is 5.10 Å². The van der Waals surface area contributed by atoms with Crippen molar-refractivity contribution >= 4 is 29.6 Å². The van der Waals surface area contributed by atoms with Crippen molar-refractivity contribution in [1.29, 1.82) is 0 Å². The molecule has 0 bridgehead atoms. The van der Waals surface area contributed by atoms with Crippen LogP contribution in [0.1, 0.15) is 39.5 Å². The minimum absolute atomic E-state index is 0.0502. The molecule has 5 atom stereocenters. The van der Waals surface area contributed by atoms with Gasteiger partial charge in [0.25, 0.3) is 5.56 Å². The number of hydrogen-bond donors (Lipinski definition) is 0. The van der Waals surface area contributed by atoms with E-state index in [9.17, 15) is 38.9 Å². The van der Waals surface area contributed by atoms with Gasteiger partial charge in [0, 0.05) is 33.8 Å². The van der Waals surface area contributed by atoms with E-state index in [4.69, 9.17) is 28.4 Å². The Hall–Kier alpha value is -5.13. The molecule has 1 aromatic carbocycles. The summed E-state index contributed by atoms with van der Waals surface area (Å²) >= 11 is 0. The number of esters is 4. The fourth-order valence-electron chi connectivity index (χ4n) is 4.33. The summed E-state index contributed by atoms with van der Waals surface area (Å²) in [4.78, 5) is 84.8. The SMILES string of the molecule is COc1ccc(Cn2c(=O)cnn([C@H]3O[C@H](COC(C)=O)[C@@H](OC(C)=O)[C@H](OC(C)=O)[C@H]3OC(C)=O)c2=O)cc1[N+](=O)[O-]. The van der Waals surface area contributed by atoms with Gasteiger partial charge < -0.3 is 28.4 Å². The molecule has 2 aromatic rings. The summed E-state index contributed by atoms with van der Waals surface area (Å²) in [5.74, 6) is -3.45. The molecule has 0 aliphatic carbocycles. The lowest BCUT2D eigenvalue weighted by Gasteiger charge is -2.44. The van der Waals surface area contributed by atoms with Crippen LogP contribution < -0.4 is 16.0 Å². The Morgan fingerprint density at radius 2 is 1.56 bits per heavy atom. The predicted octanol–water partition coefficient (Wildman–Crippen LogP) is -0.374. The third-order valence-corrected chi connectivity index (χ3v) is 5.97. The van der Waals surface area contributed by atoms with Crippen LogP contribution in [0.5, 0.6) is 5.75 Å². The molecule has 18 nitrogen and oxygen atoms in total. The number of ether oxygens (including phenoxy) is 6. The maximum atomic E-state index is 13.6. The average Bonchev–Trinajstić information content (AvgIpc) is 2.91. The molecule has 1 aliphatic rings. The quantitative estimate of drug-likeness (QED) is 0.145. The van der Waals surface area contributed by atoms with E-state index >= 15 is 0 Å². The number of hydrogen-bond acceptors (Lipinski definition) is 15. The lowest BCUT2D eigenvalue weighted by molar-refractivity contribution is -0.385. The molecular formula is C25H28N4O14. The molecule has 3 rings (SSSR count). The highest BCUT2D eigenvalue weighted by atomic mass is 16.7. The first kappa shape index (κ1) is 32.4. The molecule has 0 radical (unpaired) electrons. The zero-order valence-corrected chi connectivity index (χ0v) is 23.6. The van der Waals surface area contributed by atoms with Crippen LogP contribution >= 0.6 is 0 Å². The Balaban J connectivity index is 2.16. The van der Waals surface area contributed by atoms with Crippen molar-refractivity contribution in [1.82, 2.24) is 14.3 Å². The molecule has 18 heteroatoms. The van der Waals surface area contributed by atoms with E-state index in [1.807, 2.05) is 0 Å². The minimum atomic E-state index is -1.72. The van der Waals surface area contributed by atoms with Gasteiger partial charge in [-0.1, -0.05) is 6.07 Å². The second kappa shape index (κ2) is 13.7. The Bertz CT molecular complexity index is 1530. The Morgan fingerprint density at radius 3 is 2.12 bits per heavy atom. The molecule has 0 spiro atoms. The monoisotopic (exact) mass is 608 g/mol. The van der Waals surface area contributed by atoms with E-state index < -0.39 is 89.5 Å². The third-order valence-electron chi connectivity index (χ3n) is 5.97. The first-order chi connectivity index (χ1) is 20.2. The summed E-state index contributed by atoms with van der Waals surface area (Å²) in [6.07, 6.45) is -7.10. The smallest absolute Gasteiger partial charge is 0.350 e. The molecule has 232 valence electrons. The highest BCUT2D eigenvalue weighted by Gasteiger charge is 2.53. The summed E-state index contributed by atoms with van der Waals surface area (Å²) in [7, 11) is 1.24. The highest BCUT2D eigenvalue weighted by molar-refractivity contribution is 5.68. The van der Waals surface area contributed by atoms with Crippen molar-refractivity contribution in [3.63, 3.8) is 0 Å². The number of nitrogens with zero attached hydrogens (tertiary/aromatic N) is 4. The molecule has 43 heavy (non-hydrogen) atoms. The van der Waals surface area contributed by atoms with Crippen LogP contribution in [0.4, 0.5) is 5.69 Å². The highest BCUT2D eigenvalue weighted by Crippen LogP contribution is 2.34. The number of nitro groups is 1. The lowest BCUT2D eigenvalue weighted by Crippen LogP contribution is -2.62.